The third-order valence-electron chi connectivity index (χ3n) is 4.97. The molecule has 0 spiro atoms. The number of allylic oxidation sites excluding steroid dienone is 3. The van der Waals surface area contributed by atoms with Gasteiger partial charge >= 0.3 is 0 Å². The van der Waals surface area contributed by atoms with Crippen molar-refractivity contribution in [3.8, 4) is 0 Å². The minimum Gasteiger partial charge on any atom is -0.390 e. The van der Waals surface area contributed by atoms with E-state index in [2.05, 4.69) is 22.8 Å². The van der Waals surface area contributed by atoms with Crippen LogP contribution in [0.2, 0.25) is 0 Å². The lowest BCUT2D eigenvalue weighted by atomic mass is 9.91. The molecule has 2 aliphatic rings. The van der Waals surface area contributed by atoms with E-state index in [4.69, 9.17) is 0 Å². The van der Waals surface area contributed by atoms with Gasteiger partial charge in [0, 0.05) is 24.7 Å². The number of nitrogens with one attached hydrogen (secondary N) is 2. The van der Waals surface area contributed by atoms with Gasteiger partial charge in [-0.2, -0.15) is 0 Å². The van der Waals surface area contributed by atoms with E-state index < -0.39 is 24.4 Å². The zero-order valence-electron chi connectivity index (χ0n) is 14.5. The molecule has 26 heavy (non-hydrogen) atoms. The van der Waals surface area contributed by atoms with Gasteiger partial charge in [0.05, 0.1) is 12.0 Å². The van der Waals surface area contributed by atoms with Crippen LogP contribution in [-0.2, 0) is 17.6 Å². The number of carbonyl (C=O) groups excluding carboxylic acids is 1. The number of hydrogen-bond acceptors (Lipinski definition) is 3. The highest BCUT2D eigenvalue weighted by atomic mass is 19.3. The number of hydrogen-bond donors (Lipinski definition) is 3. The highest BCUT2D eigenvalue weighted by Gasteiger charge is 2.29. The van der Waals surface area contributed by atoms with E-state index in [1.54, 1.807) is 12.2 Å². The predicted octanol–water partition coefficient (Wildman–Crippen LogP) is 1.99. The fourth-order valence-electron chi connectivity index (χ4n) is 3.55. The third-order valence-corrected chi connectivity index (χ3v) is 4.97. The second-order valence-corrected chi connectivity index (χ2v) is 6.86. The van der Waals surface area contributed by atoms with E-state index in [1.807, 2.05) is 12.1 Å². The zero-order valence-corrected chi connectivity index (χ0v) is 14.5. The molecule has 1 amide bonds. The monoisotopic (exact) mass is 362 g/mol. The van der Waals surface area contributed by atoms with Gasteiger partial charge in [0.1, 0.15) is 0 Å². The molecule has 0 saturated carbocycles. The van der Waals surface area contributed by atoms with Gasteiger partial charge < -0.3 is 15.7 Å². The molecular weight excluding hydrogens is 338 g/mol. The van der Waals surface area contributed by atoms with Gasteiger partial charge in [-0.25, -0.2) is 8.78 Å². The van der Waals surface area contributed by atoms with E-state index >= 15 is 0 Å². The van der Waals surface area contributed by atoms with E-state index in [0.29, 0.717) is 6.54 Å². The molecule has 6 heteroatoms. The number of aliphatic hydroxyl groups excluding tert-OH is 1. The lowest BCUT2D eigenvalue weighted by Gasteiger charge is -2.22. The molecule has 0 bridgehead atoms. The van der Waals surface area contributed by atoms with Crippen LogP contribution in [0.1, 0.15) is 17.5 Å². The van der Waals surface area contributed by atoms with Crippen LogP contribution in [0.5, 0.6) is 0 Å². The highest BCUT2D eigenvalue weighted by molar-refractivity contribution is 5.82. The molecule has 1 aromatic carbocycles. The molecule has 4 nitrogen and oxygen atoms in total. The summed E-state index contributed by atoms with van der Waals surface area (Å²) in [7, 11) is 0. The third kappa shape index (κ3) is 4.56. The number of halogens is 2. The summed E-state index contributed by atoms with van der Waals surface area (Å²) in [5.74, 6) is -1.32. The fourth-order valence-corrected chi connectivity index (χ4v) is 3.55. The summed E-state index contributed by atoms with van der Waals surface area (Å²) in [5, 5.41) is 16.0. The van der Waals surface area contributed by atoms with Crippen molar-refractivity contribution >= 4 is 5.91 Å². The lowest BCUT2D eigenvalue weighted by Crippen LogP contribution is -2.43. The van der Waals surface area contributed by atoms with Gasteiger partial charge in [-0.1, -0.05) is 42.5 Å². The van der Waals surface area contributed by atoms with Crippen molar-refractivity contribution in [1.82, 2.24) is 10.6 Å². The number of amides is 1. The number of benzene rings is 1. The summed E-state index contributed by atoms with van der Waals surface area (Å²) in [6.07, 6.45) is 3.24. The number of aliphatic hydroxyl groups is 1. The second-order valence-electron chi connectivity index (χ2n) is 6.86. The van der Waals surface area contributed by atoms with Crippen LogP contribution in [-0.4, -0.2) is 42.7 Å². The van der Waals surface area contributed by atoms with Crippen LogP contribution in [0.4, 0.5) is 8.78 Å². The molecule has 3 rings (SSSR count). The predicted molar refractivity (Wildman–Crippen MR) is 96.0 cm³/mol. The maximum atomic E-state index is 13.0. The van der Waals surface area contributed by atoms with Gasteiger partial charge in [0.25, 0.3) is 6.43 Å². The molecule has 0 saturated heterocycles. The van der Waals surface area contributed by atoms with Gasteiger partial charge in [0.2, 0.25) is 5.91 Å². The average Bonchev–Trinajstić information content (AvgIpc) is 3.07. The van der Waals surface area contributed by atoms with Gasteiger partial charge in [0.15, 0.2) is 0 Å². The minimum atomic E-state index is -2.65. The Morgan fingerprint density at radius 1 is 1.19 bits per heavy atom. The second kappa shape index (κ2) is 8.56. The maximum absolute atomic E-state index is 13.0. The van der Waals surface area contributed by atoms with E-state index in [-0.39, 0.29) is 24.6 Å². The van der Waals surface area contributed by atoms with Crippen molar-refractivity contribution in [2.45, 2.75) is 37.8 Å². The first-order chi connectivity index (χ1) is 12.5. The molecule has 0 heterocycles. The fraction of sp³-hybridized carbons (Fsp3) is 0.450. The van der Waals surface area contributed by atoms with E-state index in [9.17, 15) is 18.7 Å². The Morgan fingerprint density at radius 3 is 2.54 bits per heavy atom. The summed E-state index contributed by atoms with van der Waals surface area (Å²) in [6, 6.07) is 8.54. The molecule has 2 atom stereocenters. The number of fused-ring (bicyclic) bond motifs is 1. The van der Waals surface area contributed by atoms with Crippen molar-refractivity contribution in [2.24, 2.45) is 5.92 Å². The molecular formula is C20H24F2N2O2. The van der Waals surface area contributed by atoms with Crippen molar-refractivity contribution in [3.63, 3.8) is 0 Å². The Kier molecular flexibility index (Phi) is 6.16. The average molecular weight is 362 g/mol. The first-order valence-electron chi connectivity index (χ1n) is 8.95. The summed E-state index contributed by atoms with van der Waals surface area (Å²) in [4.78, 5) is 12.2. The Hall–Kier alpha value is -2.05. The number of carbonyl (C=O) groups is 1. The Labute approximate surface area is 152 Å². The molecule has 1 unspecified atom stereocenters. The Bertz CT molecular complexity index is 678. The van der Waals surface area contributed by atoms with Crippen LogP contribution in [0.3, 0.4) is 0 Å². The SMILES string of the molecule is O=C(NC[C@@H](O)CNC1Cc2ccccc2C1)C1CC=CC=C1C(F)F. The molecule has 1 aromatic rings. The van der Waals surface area contributed by atoms with Crippen LogP contribution in [0.15, 0.2) is 48.1 Å². The summed E-state index contributed by atoms with van der Waals surface area (Å²) >= 11 is 0. The van der Waals surface area contributed by atoms with Crippen molar-refractivity contribution < 1.29 is 18.7 Å². The van der Waals surface area contributed by atoms with Gasteiger partial charge in [-0.15, -0.1) is 0 Å². The molecule has 0 aliphatic heterocycles. The largest absolute Gasteiger partial charge is 0.390 e. The first kappa shape index (κ1) is 18.7. The summed E-state index contributed by atoms with van der Waals surface area (Å²) < 4.78 is 26.0. The van der Waals surface area contributed by atoms with Crippen molar-refractivity contribution in [1.29, 1.82) is 0 Å². The zero-order chi connectivity index (χ0) is 18.5. The normalized spacial score (nSPS) is 20.8. The van der Waals surface area contributed by atoms with Gasteiger partial charge in [-0.05, 0) is 30.4 Å². The number of rotatable bonds is 7. The number of alkyl halides is 2. The summed E-state index contributed by atoms with van der Waals surface area (Å²) in [6.45, 7) is 0.392. The summed E-state index contributed by atoms with van der Waals surface area (Å²) in [5.41, 5.74) is 2.48. The lowest BCUT2D eigenvalue weighted by molar-refractivity contribution is -0.124. The van der Waals surface area contributed by atoms with Crippen LogP contribution >= 0.6 is 0 Å². The molecule has 0 fully saturated rings. The maximum Gasteiger partial charge on any atom is 0.261 e. The Balaban J connectivity index is 1.40. The standard InChI is InChI=1S/C20H24F2N2O2/c21-19(22)17-7-3-4-8-18(17)20(26)24-12-16(25)11-23-15-9-13-5-1-2-6-14(13)10-15/h1-7,15-16,18-19,23,25H,8-12H2,(H,24,26)/t16-,18?/m0/s1. The van der Waals surface area contributed by atoms with Gasteiger partial charge in [-0.3, -0.25) is 4.79 Å². The van der Waals surface area contributed by atoms with Crippen LogP contribution in [0, 0.1) is 5.92 Å². The van der Waals surface area contributed by atoms with Crippen LogP contribution < -0.4 is 10.6 Å². The van der Waals surface area contributed by atoms with Crippen molar-refractivity contribution in [3.05, 3.63) is 59.2 Å². The molecule has 0 radical (unpaired) electrons. The molecule has 2 aliphatic carbocycles. The minimum absolute atomic E-state index is 0.0439. The molecule has 140 valence electrons. The van der Waals surface area contributed by atoms with Crippen molar-refractivity contribution in [2.75, 3.05) is 13.1 Å². The van der Waals surface area contributed by atoms with E-state index in [1.165, 1.54) is 17.2 Å². The van der Waals surface area contributed by atoms with E-state index in [0.717, 1.165) is 12.8 Å². The quantitative estimate of drug-likeness (QED) is 0.695. The smallest absolute Gasteiger partial charge is 0.261 e. The molecule has 0 aromatic heterocycles. The molecule has 3 N–H and O–H groups in total. The van der Waals surface area contributed by atoms with Crippen LogP contribution in [0.25, 0.3) is 0 Å². The first-order valence-corrected chi connectivity index (χ1v) is 8.95. The topological polar surface area (TPSA) is 61.4 Å². The Morgan fingerprint density at radius 2 is 1.88 bits per heavy atom. The highest BCUT2D eigenvalue weighted by Crippen LogP contribution is 2.26.